The minimum Gasteiger partial charge on any atom is -0.390 e. The summed E-state index contributed by atoms with van der Waals surface area (Å²) in [6.45, 7) is 2.29. The molecule has 0 radical (unpaired) electrons. The van der Waals surface area contributed by atoms with E-state index in [2.05, 4.69) is 53.3 Å². The van der Waals surface area contributed by atoms with E-state index in [1.807, 2.05) is 12.3 Å². The first-order valence-corrected chi connectivity index (χ1v) is 8.30. The largest absolute Gasteiger partial charge is 0.390 e. The van der Waals surface area contributed by atoms with E-state index < -0.39 is 6.10 Å². The van der Waals surface area contributed by atoms with E-state index in [-0.39, 0.29) is 0 Å². The van der Waals surface area contributed by atoms with E-state index in [1.54, 1.807) is 10.9 Å². The van der Waals surface area contributed by atoms with Gasteiger partial charge in [-0.2, -0.15) is 5.10 Å². The lowest BCUT2D eigenvalue weighted by atomic mass is 10.0. The standard InChI is InChI=1S/C18H26N4O/c1-20(2)16-7-3-6-15(12-16)18-8-4-10-21(18)13-17(23)14-22-11-5-9-19-22/h3,5-7,9,11-12,17-18,23H,4,8,10,13-14H2,1-2H3/t17-,18-/m1/s1. The van der Waals surface area contributed by atoms with E-state index in [1.165, 1.54) is 17.7 Å². The summed E-state index contributed by atoms with van der Waals surface area (Å²) in [7, 11) is 4.14. The van der Waals surface area contributed by atoms with Crippen LogP contribution in [0.2, 0.25) is 0 Å². The molecule has 0 spiro atoms. The third kappa shape index (κ3) is 3.92. The zero-order valence-electron chi connectivity index (χ0n) is 14.0. The molecule has 2 aromatic rings. The molecule has 1 aromatic heterocycles. The fraction of sp³-hybridized carbons (Fsp3) is 0.500. The molecule has 0 unspecified atom stereocenters. The molecule has 2 heterocycles. The molecule has 0 bridgehead atoms. The highest BCUT2D eigenvalue weighted by Gasteiger charge is 2.27. The highest BCUT2D eigenvalue weighted by Crippen LogP contribution is 2.33. The Balaban J connectivity index is 1.66. The van der Waals surface area contributed by atoms with Crippen LogP contribution < -0.4 is 4.90 Å². The molecule has 1 saturated heterocycles. The molecule has 0 saturated carbocycles. The van der Waals surface area contributed by atoms with Crippen molar-refractivity contribution < 1.29 is 5.11 Å². The summed E-state index contributed by atoms with van der Waals surface area (Å²) in [5, 5.41) is 14.5. The fourth-order valence-corrected chi connectivity index (χ4v) is 3.39. The zero-order valence-corrected chi connectivity index (χ0v) is 14.0. The third-order valence-electron chi connectivity index (χ3n) is 4.54. The first-order chi connectivity index (χ1) is 11.1. The van der Waals surface area contributed by atoms with Gasteiger partial charge >= 0.3 is 0 Å². The molecule has 0 aliphatic carbocycles. The van der Waals surface area contributed by atoms with E-state index in [0.29, 0.717) is 19.1 Å². The Morgan fingerprint density at radius 2 is 2.17 bits per heavy atom. The van der Waals surface area contributed by atoms with Crippen LogP contribution in [0.15, 0.2) is 42.7 Å². The van der Waals surface area contributed by atoms with Crippen LogP contribution in [0.25, 0.3) is 0 Å². The fourth-order valence-electron chi connectivity index (χ4n) is 3.39. The lowest BCUT2D eigenvalue weighted by Crippen LogP contribution is -2.34. The molecule has 2 atom stereocenters. The summed E-state index contributed by atoms with van der Waals surface area (Å²) in [6, 6.07) is 11.0. The van der Waals surface area contributed by atoms with Crippen molar-refractivity contribution in [2.45, 2.75) is 31.5 Å². The Morgan fingerprint density at radius 3 is 2.91 bits per heavy atom. The molecule has 1 N–H and O–H groups in total. The van der Waals surface area contributed by atoms with Gasteiger partial charge in [-0.1, -0.05) is 12.1 Å². The topological polar surface area (TPSA) is 44.5 Å². The molecule has 1 aliphatic heterocycles. The number of hydrogen-bond donors (Lipinski definition) is 1. The lowest BCUT2D eigenvalue weighted by Gasteiger charge is -2.28. The Hall–Kier alpha value is -1.85. The van der Waals surface area contributed by atoms with Gasteiger partial charge in [0.25, 0.3) is 0 Å². The number of aromatic nitrogens is 2. The van der Waals surface area contributed by atoms with Crippen molar-refractivity contribution in [3.05, 3.63) is 48.3 Å². The molecule has 1 aromatic carbocycles. The van der Waals surface area contributed by atoms with Crippen LogP contribution in [0.1, 0.15) is 24.4 Å². The van der Waals surface area contributed by atoms with Crippen LogP contribution >= 0.6 is 0 Å². The maximum Gasteiger partial charge on any atom is 0.0862 e. The van der Waals surface area contributed by atoms with Gasteiger partial charge in [0.15, 0.2) is 0 Å². The van der Waals surface area contributed by atoms with E-state index in [4.69, 9.17) is 0 Å². The van der Waals surface area contributed by atoms with Crippen LogP contribution in [-0.4, -0.2) is 53.1 Å². The summed E-state index contributed by atoms with van der Waals surface area (Å²) in [4.78, 5) is 4.54. The second-order valence-electron chi connectivity index (χ2n) is 6.52. The molecule has 5 heteroatoms. The van der Waals surface area contributed by atoms with Crippen molar-refractivity contribution in [1.29, 1.82) is 0 Å². The van der Waals surface area contributed by atoms with Gasteiger partial charge in [0.05, 0.1) is 12.6 Å². The zero-order chi connectivity index (χ0) is 16.2. The van der Waals surface area contributed by atoms with Gasteiger partial charge in [0, 0.05) is 44.8 Å². The molecular weight excluding hydrogens is 288 g/mol. The Morgan fingerprint density at radius 1 is 1.30 bits per heavy atom. The molecular formula is C18H26N4O. The average Bonchev–Trinajstić information content (AvgIpc) is 3.19. The summed E-state index contributed by atoms with van der Waals surface area (Å²) in [5.74, 6) is 0. The number of nitrogens with zero attached hydrogens (tertiary/aromatic N) is 4. The summed E-state index contributed by atoms with van der Waals surface area (Å²) in [5.41, 5.74) is 2.58. The number of anilines is 1. The Kier molecular flexibility index (Phi) is 4.98. The van der Waals surface area contributed by atoms with Crippen LogP contribution in [0.4, 0.5) is 5.69 Å². The summed E-state index contributed by atoms with van der Waals surface area (Å²) in [6.07, 6.45) is 5.59. The maximum absolute atomic E-state index is 10.4. The van der Waals surface area contributed by atoms with E-state index in [0.717, 1.165) is 13.0 Å². The Labute approximate surface area is 138 Å². The molecule has 1 aliphatic rings. The summed E-state index contributed by atoms with van der Waals surface area (Å²) >= 11 is 0. The monoisotopic (exact) mass is 314 g/mol. The molecule has 1 fully saturated rings. The second-order valence-corrected chi connectivity index (χ2v) is 6.52. The van der Waals surface area contributed by atoms with Crippen molar-refractivity contribution >= 4 is 5.69 Å². The minimum absolute atomic E-state index is 0.396. The van der Waals surface area contributed by atoms with Crippen LogP contribution in [0, 0.1) is 0 Å². The van der Waals surface area contributed by atoms with Crippen molar-refractivity contribution in [3.8, 4) is 0 Å². The van der Waals surface area contributed by atoms with Crippen molar-refractivity contribution in [3.63, 3.8) is 0 Å². The smallest absolute Gasteiger partial charge is 0.0862 e. The number of likely N-dealkylation sites (tertiary alicyclic amines) is 1. The van der Waals surface area contributed by atoms with Gasteiger partial charge in [-0.25, -0.2) is 0 Å². The first-order valence-electron chi connectivity index (χ1n) is 8.30. The number of aliphatic hydroxyl groups is 1. The van der Waals surface area contributed by atoms with Gasteiger partial charge < -0.3 is 10.0 Å². The third-order valence-corrected chi connectivity index (χ3v) is 4.54. The second kappa shape index (κ2) is 7.15. The van der Waals surface area contributed by atoms with Gasteiger partial charge in [-0.05, 0) is 43.1 Å². The van der Waals surface area contributed by atoms with E-state index in [9.17, 15) is 5.11 Å². The first kappa shape index (κ1) is 16.0. The average molecular weight is 314 g/mol. The molecule has 5 nitrogen and oxygen atoms in total. The molecule has 0 amide bonds. The van der Waals surface area contributed by atoms with Gasteiger partial charge in [0.1, 0.15) is 0 Å². The molecule has 124 valence electrons. The predicted molar refractivity (Wildman–Crippen MR) is 92.6 cm³/mol. The molecule has 23 heavy (non-hydrogen) atoms. The number of rotatable bonds is 6. The summed E-state index contributed by atoms with van der Waals surface area (Å²) < 4.78 is 1.79. The van der Waals surface area contributed by atoms with Crippen LogP contribution in [0.5, 0.6) is 0 Å². The van der Waals surface area contributed by atoms with Crippen molar-refractivity contribution in [2.75, 3.05) is 32.1 Å². The van der Waals surface area contributed by atoms with Crippen molar-refractivity contribution in [2.24, 2.45) is 0 Å². The number of benzene rings is 1. The maximum atomic E-state index is 10.4. The SMILES string of the molecule is CN(C)c1cccc([C@H]2CCCN2C[C@@H](O)Cn2cccn2)c1. The highest BCUT2D eigenvalue weighted by atomic mass is 16.3. The van der Waals surface area contributed by atoms with Crippen molar-refractivity contribution in [1.82, 2.24) is 14.7 Å². The van der Waals surface area contributed by atoms with Gasteiger partial charge in [0.2, 0.25) is 0 Å². The number of β-amino-alcohol motifs (C(OH)–C–C–N with tert-alkyl or cyclic N) is 1. The normalized spacial score (nSPS) is 19.9. The lowest BCUT2D eigenvalue weighted by molar-refractivity contribution is 0.0891. The van der Waals surface area contributed by atoms with Crippen LogP contribution in [-0.2, 0) is 6.54 Å². The molecule has 3 rings (SSSR count). The predicted octanol–water partition coefficient (Wildman–Crippen LogP) is 2.15. The number of hydrogen-bond acceptors (Lipinski definition) is 4. The Bertz CT molecular complexity index is 611. The van der Waals surface area contributed by atoms with Crippen LogP contribution in [0.3, 0.4) is 0 Å². The minimum atomic E-state index is -0.396. The number of aliphatic hydroxyl groups excluding tert-OH is 1. The van der Waals surface area contributed by atoms with Gasteiger partial charge in [-0.3, -0.25) is 9.58 Å². The quantitative estimate of drug-likeness (QED) is 0.887. The van der Waals surface area contributed by atoms with E-state index >= 15 is 0 Å². The van der Waals surface area contributed by atoms with Gasteiger partial charge in [-0.15, -0.1) is 0 Å². The highest BCUT2D eigenvalue weighted by molar-refractivity contribution is 5.48.